The number of benzene rings is 2. The van der Waals surface area contributed by atoms with Crippen LogP contribution in [0.15, 0.2) is 60.3 Å². The molecule has 0 radical (unpaired) electrons. The topological polar surface area (TPSA) is 107 Å². The molecule has 1 amide bonds. The standard InChI is InChI=1S/C16H14BNO5/c19-15(12-4-2-1-3-5-12)18-14(16(20)21)10-11-6-8-13(9-7-11)17(22)23/h1-10,22-23H,(H,18,19)(H,20,21). The van der Waals surface area contributed by atoms with E-state index in [1.165, 1.54) is 30.3 Å². The molecular weight excluding hydrogens is 297 g/mol. The molecule has 0 aliphatic rings. The Bertz CT molecular complexity index is 726. The van der Waals surface area contributed by atoms with Crippen LogP contribution in [0.25, 0.3) is 6.08 Å². The second kappa shape index (κ2) is 7.39. The Kier molecular flexibility index (Phi) is 5.30. The van der Waals surface area contributed by atoms with Gasteiger partial charge in [0.05, 0.1) is 0 Å². The zero-order valence-electron chi connectivity index (χ0n) is 12.0. The van der Waals surface area contributed by atoms with Gasteiger partial charge in [-0.1, -0.05) is 42.5 Å². The molecule has 0 saturated carbocycles. The van der Waals surface area contributed by atoms with E-state index < -0.39 is 19.0 Å². The molecule has 4 N–H and O–H groups in total. The number of hydrogen-bond acceptors (Lipinski definition) is 4. The van der Waals surface area contributed by atoms with E-state index in [0.29, 0.717) is 11.1 Å². The highest BCUT2D eigenvalue weighted by atomic mass is 16.4. The first-order chi connectivity index (χ1) is 11.0. The van der Waals surface area contributed by atoms with Crippen LogP contribution in [0.1, 0.15) is 15.9 Å². The Hall–Kier alpha value is -2.90. The monoisotopic (exact) mass is 311 g/mol. The van der Waals surface area contributed by atoms with Crippen LogP contribution in [0, 0.1) is 0 Å². The fourth-order valence-electron chi connectivity index (χ4n) is 1.87. The normalized spacial score (nSPS) is 11.0. The summed E-state index contributed by atoms with van der Waals surface area (Å²) in [6.45, 7) is 0. The van der Waals surface area contributed by atoms with E-state index in [1.807, 2.05) is 0 Å². The average Bonchev–Trinajstić information content (AvgIpc) is 2.55. The molecule has 0 unspecified atom stereocenters. The number of rotatable bonds is 5. The first-order valence-corrected chi connectivity index (χ1v) is 6.75. The molecule has 0 aromatic heterocycles. The largest absolute Gasteiger partial charge is 0.488 e. The highest BCUT2D eigenvalue weighted by Gasteiger charge is 2.14. The van der Waals surface area contributed by atoms with E-state index >= 15 is 0 Å². The summed E-state index contributed by atoms with van der Waals surface area (Å²) in [4.78, 5) is 23.3. The molecule has 0 atom stereocenters. The summed E-state index contributed by atoms with van der Waals surface area (Å²) in [6, 6.07) is 14.2. The van der Waals surface area contributed by atoms with Crippen LogP contribution in [0.5, 0.6) is 0 Å². The third kappa shape index (κ3) is 4.54. The lowest BCUT2D eigenvalue weighted by Gasteiger charge is -2.06. The molecule has 0 aliphatic carbocycles. The second-order valence-corrected chi connectivity index (χ2v) is 4.72. The van der Waals surface area contributed by atoms with E-state index in [2.05, 4.69) is 5.32 Å². The third-order valence-corrected chi connectivity index (χ3v) is 3.06. The van der Waals surface area contributed by atoms with Gasteiger partial charge >= 0.3 is 13.1 Å². The molecular formula is C16H14BNO5. The van der Waals surface area contributed by atoms with Crippen LogP contribution >= 0.6 is 0 Å². The number of hydrogen-bond donors (Lipinski definition) is 4. The van der Waals surface area contributed by atoms with Crippen molar-refractivity contribution in [3.8, 4) is 0 Å². The van der Waals surface area contributed by atoms with E-state index in [1.54, 1.807) is 30.3 Å². The minimum atomic E-state index is -1.59. The Morgan fingerprint density at radius 3 is 2.09 bits per heavy atom. The Labute approximate surface area is 132 Å². The number of aliphatic carboxylic acids is 1. The number of nitrogens with one attached hydrogen (secondary N) is 1. The number of carboxylic acid groups (broad SMARTS) is 1. The SMILES string of the molecule is O=C(O)C(=Cc1ccc(B(O)O)cc1)NC(=O)c1ccccc1. The summed E-state index contributed by atoms with van der Waals surface area (Å²) in [5.41, 5.74) is 0.849. The summed E-state index contributed by atoms with van der Waals surface area (Å²) in [5, 5.41) is 29.6. The van der Waals surface area contributed by atoms with Crippen molar-refractivity contribution in [2.24, 2.45) is 0 Å². The fourth-order valence-corrected chi connectivity index (χ4v) is 1.87. The van der Waals surface area contributed by atoms with Gasteiger partial charge in [0.25, 0.3) is 5.91 Å². The summed E-state index contributed by atoms with van der Waals surface area (Å²) in [7, 11) is -1.59. The highest BCUT2D eigenvalue weighted by molar-refractivity contribution is 6.58. The first kappa shape index (κ1) is 16.5. The van der Waals surface area contributed by atoms with Crippen molar-refractivity contribution in [1.29, 1.82) is 0 Å². The van der Waals surface area contributed by atoms with Crippen LogP contribution < -0.4 is 10.8 Å². The van der Waals surface area contributed by atoms with Crippen molar-refractivity contribution in [1.82, 2.24) is 5.32 Å². The number of carboxylic acids is 1. The van der Waals surface area contributed by atoms with Crippen LogP contribution in [-0.2, 0) is 4.79 Å². The minimum Gasteiger partial charge on any atom is -0.477 e. The maximum Gasteiger partial charge on any atom is 0.488 e. The van der Waals surface area contributed by atoms with Gasteiger partial charge in [0.1, 0.15) is 5.70 Å². The number of amides is 1. The molecule has 2 aromatic carbocycles. The molecule has 2 rings (SSSR count). The molecule has 0 heterocycles. The quantitative estimate of drug-likeness (QED) is 0.467. The molecule has 0 saturated heterocycles. The smallest absolute Gasteiger partial charge is 0.477 e. The molecule has 6 nitrogen and oxygen atoms in total. The van der Waals surface area contributed by atoms with Gasteiger partial charge in [-0.05, 0) is 29.2 Å². The van der Waals surface area contributed by atoms with E-state index in [0.717, 1.165) is 0 Å². The summed E-state index contributed by atoms with van der Waals surface area (Å²) in [6.07, 6.45) is 1.29. The predicted molar refractivity (Wildman–Crippen MR) is 85.8 cm³/mol. The van der Waals surface area contributed by atoms with Crippen molar-refractivity contribution in [2.75, 3.05) is 0 Å². The Balaban J connectivity index is 2.21. The maximum atomic E-state index is 12.0. The molecule has 116 valence electrons. The maximum absolute atomic E-state index is 12.0. The van der Waals surface area contributed by atoms with Crippen molar-refractivity contribution in [2.45, 2.75) is 0 Å². The van der Waals surface area contributed by atoms with Crippen molar-refractivity contribution < 1.29 is 24.7 Å². The lowest BCUT2D eigenvalue weighted by molar-refractivity contribution is -0.132. The van der Waals surface area contributed by atoms with E-state index in [9.17, 15) is 14.7 Å². The van der Waals surface area contributed by atoms with Gasteiger partial charge in [0, 0.05) is 5.56 Å². The second-order valence-electron chi connectivity index (χ2n) is 4.72. The average molecular weight is 311 g/mol. The zero-order valence-corrected chi connectivity index (χ0v) is 12.0. The molecule has 0 bridgehead atoms. The molecule has 0 spiro atoms. The zero-order chi connectivity index (χ0) is 16.8. The summed E-state index contributed by atoms with van der Waals surface area (Å²) in [5.74, 6) is -1.80. The van der Waals surface area contributed by atoms with Gasteiger partial charge in [-0.3, -0.25) is 4.79 Å². The first-order valence-electron chi connectivity index (χ1n) is 6.75. The molecule has 0 fully saturated rings. The Morgan fingerprint density at radius 1 is 0.957 bits per heavy atom. The van der Waals surface area contributed by atoms with Crippen molar-refractivity contribution in [3.05, 3.63) is 71.4 Å². The van der Waals surface area contributed by atoms with Crippen molar-refractivity contribution >= 4 is 30.5 Å². The number of carbonyl (C=O) groups is 2. The fraction of sp³-hybridized carbons (Fsp3) is 0. The van der Waals surface area contributed by atoms with Crippen LogP contribution in [0.2, 0.25) is 0 Å². The van der Waals surface area contributed by atoms with Gasteiger partial charge in [-0.2, -0.15) is 0 Å². The van der Waals surface area contributed by atoms with E-state index in [4.69, 9.17) is 10.0 Å². The van der Waals surface area contributed by atoms with Gasteiger partial charge in [0.2, 0.25) is 0 Å². The van der Waals surface area contributed by atoms with E-state index in [-0.39, 0.29) is 11.2 Å². The highest BCUT2D eigenvalue weighted by Crippen LogP contribution is 2.06. The van der Waals surface area contributed by atoms with Crippen LogP contribution in [-0.4, -0.2) is 34.1 Å². The molecule has 7 heteroatoms. The lowest BCUT2D eigenvalue weighted by Crippen LogP contribution is -2.29. The third-order valence-electron chi connectivity index (χ3n) is 3.06. The number of carbonyl (C=O) groups excluding carboxylic acids is 1. The summed E-state index contributed by atoms with van der Waals surface area (Å²) >= 11 is 0. The molecule has 23 heavy (non-hydrogen) atoms. The van der Waals surface area contributed by atoms with Gasteiger partial charge in [-0.15, -0.1) is 0 Å². The van der Waals surface area contributed by atoms with Crippen LogP contribution in [0.3, 0.4) is 0 Å². The minimum absolute atomic E-state index is 0.281. The summed E-state index contributed by atoms with van der Waals surface area (Å²) < 4.78 is 0. The molecule has 0 aliphatic heterocycles. The molecule has 2 aromatic rings. The van der Waals surface area contributed by atoms with Gasteiger partial charge < -0.3 is 20.5 Å². The predicted octanol–water partition coefficient (Wildman–Crippen LogP) is 0.222. The Morgan fingerprint density at radius 2 is 1.57 bits per heavy atom. The van der Waals surface area contributed by atoms with Gasteiger partial charge in [-0.25, -0.2) is 4.79 Å². The van der Waals surface area contributed by atoms with Crippen LogP contribution in [0.4, 0.5) is 0 Å². The lowest BCUT2D eigenvalue weighted by atomic mass is 9.80. The van der Waals surface area contributed by atoms with Crippen molar-refractivity contribution in [3.63, 3.8) is 0 Å². The van der Waals surface area contributed by atoms with Gasteiger partial charge in [0.15, 0.2) is 0 Å².